The van der Waals surface area contributed by atoms with Gasteiger partial charge >= 0.3 is 0 Å². The molecule has 2 rings (SSSR count). The van der Waals surface area contributed by atoms with Crippen LogP contribution in [-0.2, 0) is 14.3 Å². The van der Waals surface area contributed by atoms with Crippen LogP contribution in [0.1, 0.15) is 63.4 Å². The molecule has 0 saturated carbocycles. The highest BCUT2D eigenvalue weighted by atomic mass is 127. The molecule has 4 nitrogen and oxygen atoms in total. The van der Waals surface area contributed by atoms with Crippen LogP contribution in [0.15, 0.2) is 29.2 Å². The van der Waals surface area contributed by atoms with E-state index in [0.29, 0.717) is 0 Å². The normalized spacial score (nSPS) is 16.2. The van der Waals surface area contributed by atoms with Crippen LogP contribution in [-0.4, -0.2) is 45.7 Å². The highest BCUT2D eigenvalue weighted by Gasteiger charge is 2.28. The number of unbranched alkanes of at least 4 members (excludes halogenated alkanes) is 5. The summed E-state index contributed by atoms with van der Waals surface area (Å²) >= 11 is 2.15. The fraction of sp³-hybridized carbons (Fsp3) is 0.652. The number of piperidine rings is 1. The molecule has 162 valence electrons. The standard InChI is InChI=1S/C23H35INO3S/c1-22-12-14-23(15-13-22)29(26,27)28-21-10-5-3-2-4-7-17-25(20-11-16-24)18-8-6-9-19-25/h12-15H,2-10,17-21H2,1H3/q+1. The van der Waals surface area contributed by atoms with Gasteiger partial charge in [-0.1, -0.05) is 37.0 Å². The van der Waals surface area contributed by atoms with Crippen molar-refractivity contribution in [1.29, 1.82) is 0 Å². The molecule has 0 radical (unpaired) electrons. The predicted octanol–water partition coefficient (Wildman–Crippen LogP) is 5.44. The highest BCUT2D eigenvalue weighted by molar-refractivity contribution is 14.1. The van der Waals surface area contributed by atoms with Crippen molar-refractivity contribution in [3.05, 3.63) is 29.8 Å². The zero-order valence-electron chi connectivity index (χ0n) is 17.7. The second-order valence-electron chi connectivity index (χ2n) is 8.21. The first-order valence-electron chi connectivity index (χ1n) is 10.9. The summed E-state index contributed by atoms with van der Waals surface area (Å²) in [6, 6.07) is 6.80. The van der Waals surface area contributed by atoms with Crippen LogP contribution in [0.4, 0.5) is 0 Å². The van der Waals surface area contributed by atoms with Gasteiger partial charge in [-0.25, -0.2) is 0 Å². The summed E-state index contributed by atoms with van der Waals surface area (Å²) in [4.78, 5) is 0.241. The van der Waals surface area contributed by atoms with E-state index in [0.717, 1.165) is 31.4 Å². The van der Waals surface area contributed by atoms with E-state index in [4.69, 9.17) is 4.18 Å². The Hall–Kier alpha value is -0.620. The van der Waals surface area contributed by atoms with Gasteiger partial charge in [0.15, 0.2) is 0 Å². The zero-order chi connectivity index (χ0) is 21.0. The van der Waals surface area contributed by atoms with E-state index in [1.54, 1.807) is 24.3 Å². The summed E-state index contributed by atoms with van der Waals surface area (Å²) in [5.74, 6) is 3.31. The number of rotatable bonds is 12. The Kier molecular flexibility index (Phi) is 11.0. The van der Waals surface area contributed by atoms with Crippen LogP contribution in [0.25, 0.3) is 0 Å². The molecule has 0 aromatic heterocycles. The topological polar surface area (TPSA) is 43.4 Å². The lowest BCUT2D eigenvalue weighted by Gasteiger charge is -2.40. The van der Waals surface area contributed by atoms with Crippen molar-refractivity contribution in [3.63, 3.8) is 0 Å². The fourth-order valence-corrected chi connectivity index (χ4v) is 5.15. The summed E-state index contributed by atoms with van der Waals surface area (Å²) in [5, 5.41) is 0. The van der Waals surface area contributed by atoms with Crippen LogP contribution in [0, 0.1) is 16.8 Å². The van der Waals surface area contributed by atoms with Gasteiger partial charge in [-0.2, -0.15) is 8.42 Å². The Balaban J connectivity index is 1.56. The second kappa shape index (κ2) is 12.9. The molecule has 0 aliphatic carbocycles. The number of halogens is 1. The highest BCUT2D eigenvalue weighted by Crippen LogP contribution is 2.20. The Morgan fingerprint density at radius 3 is 2.24 bits per heavy atom. The smallest absolute Gasteiger partial charge is 0.296 e. The number of likely N-dealkylation sites (tertiary alicyclic amines) is 1. The first-order valence-corrected chi connectivity index (χ1v) is 13.4. The van der Waals surface area contributed by atoms with E-state index in [1.165, 1.54) is 62.6 Å². The van der Waals surface area contributed by atoms with Crippen molar-refractivity contribution < 1.29 is 17.1 Å². The molecule has 0 unspecified atom stereocenters. The van der Waals surface area contributed by atoms with Crippen molar-refractivity contribution in [3.8, 4) is 9.85 Å². The lowest BCUT2D eigenvalue weighted by atomic mass is 10.1. The van der Waals surface area contributed by atoms with Gasteiger partial charge in [0.25, 0.3) is 10.1 Å². The molecule has 1 fully saturated rings. The van der Waals surface area contributed by atoms with Gasteiger partial charge < -0.3 is 4.48 Å². The van der Waals surface area contributed by atoms with Crippen molar-refractivity contribution in [2.24, 2.45) is 0 Å². The third-order valence-corrected chi connectivity index (χ3v) is 7.53. The fourth-order valence-electron chi connectivity index (χ4n) is 4.04. The van der Waals surface area contributed by atoms with E-state index in [9.17, 15) is 8.42 Å². The number of hydrogen-bond donors (Lipinski definition) is 0. The minimum Gasteiger partial charge on any atom is -0.313 e. The molecule has 0 bridgehead atoms. The minimum atomic E-state index is -3.62. The average molecular weight is 533 g/mol. The number of aryl methyl sites for hydroxylation is 1. The largest absolute Gasteiger partial charge is 0.313 e. The van der Waals surface area contributed by atoms with Crippen molar-refractivity contribution in [2.75, 3.05) is 32.8 Å². The first kappa shape index (κ1) is 24.6. The molecule has 1 saturated heterocycles. The summed E-state index contributed by atoms with van der Waals surface area (Å²) in [5.41, 5.74) is 1.04. The average Bonchev–Trinajstić information content (AvgIpc) is 2.72. The van der Waals surface area contributed by atoms with Crippen LogP contribution >= 0.6 is 22.6 Å². The Labute approximate surface area is 191 Å². The Morgan fingerprint density at radius 2 is 1.59 bits per heavy atom. The quantitative estimate of drug-likeness (QED) is 0.118. The number of quaternary nitrogens is 1. The third-order valence-electron chi connectivity index (χ3n) is 5.82. The van der Waals surface area contributed by atoms with Gasteiger partial charge in [0.05, 0.1) is 31.1 Å². The molecular weight excluding hydrogens is 497 g/mol. The molecule has 1 aliphatic heterocycles. The van der Waals surface area contributed by atoms with E-state index in [-0.39, 0.29) is 11.5 Å². The van der Waals surface area contributed by atoms with Gasteiger partial charge in [-0.15, -0.1) is 0 Å². The van der Waals surface area contributed by atoms with Crippen LogP contribution in [0.2, 0.25) is 0 Å². The SMILES string of the molecule is Cc1ccc(S(=O)(=O)OCCCCCCCC[N+]2(CC#CI)CCCCC2)cc1. The monoisotopic (exact) mass is 532 g/mol. The van der Waals surface area contributed by atoms with Crippen molar-refractivity contribution in [2.45, 2.75) is 69.6 Å². The van der Waals surface area contributed by atoms with E-state index < -0.39 is 10.1 Å². The lowest BCUT2D eigenvalue weighted by Crippen LogP contribution is -2.52. The first-order chi connectivity index (χ1) is 14.0. The molecule has 1 heterocycles. The molecular formula is C23H35INO3S+. The van der Waals surface area contributed by atoms with E-state index >= 15 is 0 Å². The molecule has 0 amide bonds. The van der Waals surface area contributed by atoms with E-state index in [2.05, 4.69) is 32.4 Å². The maximum Gasteiger partial charge on any atom is 0.296 e. The summed E-state index contributed by atoms with van der Waals surface area (Å²) in [6.45, 7) is 7.05. The van der Waals surface area contributed by atoms with Gasteiger partial charge in [-0.05, 0) is 67.4 Å². The van der Waals surface area contributed by atoms with Crippen molar-refractivity contribution in [1.82, 2.24) is 0 Å². The van der Waals surface area contributed by atoms with Crippen molar-refractivity contribution >= 4 is 32.7 Å². The maximum atomic E-state index is 12.1. The number of hydrogen-bond acceptors (Lipinski definition) is 3. The molecule has 29 heavy (non-hydrogen) atoms. The molecule has 0 atom stereocenters. The van der Waals surface area contributed by atoms with E-state index in [1.807, 2.05) is 6.92 Å². The van der Waals surface area contributed by atoms with Crippen LogP contribution in [0.3, 0.4) is 0 Å². The number of nitrogens with zero attached hydrogens (tertiary/aromatic N) is 1. The van der Waals surface area contributed by atoms with Crippen LogP contribution < -0.4 is 0 Å². The second-order valence-corrected chi connectivity index (χ2v) is 10.4. The molecule has 1 aliphatic rings. The molecule has 1 aromatic rings. The van der Waals surface area contributed by atoms with Crippen LogP contribution in [0.5, 0.6) is 0 Å². The lowest BCUT2D eigenvalue weighted by molar-refractivity contribution is -0.926. The van der Waals surface area contributed by atoms with Gasteiger partial charge in [0.1, 0.15) is 6.54 Å². The number of benzene rings is 1. The maximum absolute atomic E-state index is 12.1. The Bertz CT molecular complexity index is 760. The predicted molar refractivity (Wildman–Crippen MR) is 127 cm³/mol. The molecule has 1 aromatic carbocycles. The van der Waals surface area contributed by atoms with Gasteiger partial charge in [-0.3, -0.25) is 4.18 Å². The summed E-state index contributed by atoms with van der Waals surface area (Å²) in [7, 11) is -3.62. The summed E-state index contributed by atoms with van der Waals surface area (Å²) in [6.07, 6.45) is 10.7. The third kappa shape index (κ3) is 8.95. The molecule has 6 heteroatoms. The molecule has 0 N–H and O–H groups in total. The Morgan fingerprint density at radius 1 is 0.966 bits per heavy atom. The van der Waals surface area contributed by atoms with Gasteiger partial charge in [0.2, 0.25) is 0 Å². The molecule has 0 spiro atoms. The minimum absolute atomic E-state index is 0.241. The summed E-state index contributed by atoms with van der Waals surface area (Å²) < 4.78 is 33.7. The van der Waals surface area contributed by atoms with Gasteiger partial charge in [0, 0.05) is 22.6 Å². The zero-order valence-corrected chi connectivity index (χ0v) is 20.6.